The van der Waals surface area contributed by atoms with E-state index in [2.05, 4.69) is 0 Å². The van der Waals surface area contributed by atoms with Crippen LogP contribution < -0.4 is 5.19 Å². The minimum atomic E-state index is -2.91. The molecule has 1 atom stereocenters. The van der Waals surface area contributed by atoms with Gasteiger partial charge in [0.1, 0.15) is 0 Å². The average Bonchev–Trinajstić information content (AvgIpc) is 2.56. The molecule has 2 aromatic carbocycles. The van der Waals surface area contributed by atoms with Gasteiger partial charge in [0, 0.05) is 5.19 Å². The van der Waals surface area contributed by atoms with Crippen molar-refractivity contribution >= 4 is 13.3 Å². The molecule has 2 rings (SSSR count). The molecule has 0 fully saturated rings. The fourth-order valence-electron chi connectivity index (χ4n) is 2.81. The van der Waals surface area contributed by atoms with E-state index in [0.29, 0.717) is 12.8 Å². The number of rotatable bonds is 5. The van der Waals surface area contributed by atoms with E-state index in [9.17, 15) is 22.0 Å². The van der Waals surface area contributed by atoms with Crippen molar-refractivity contribution in [2.45, 2.75) is 38.4 Å². The van der Waals surface area contributed by atoms with Crippen molar-refractivity contribution in [1.82, 2.24) is 0 Å². The molecular weight excluding hydrogens is 339 g/mol. The summed E-state index contributed by atoms with van der Waals surface area (Å²) < 4.78 is 68.5. The largest absolute Gasteiger partial charge is 0.204 e. The third-order valence-corrected chi connectivity index (χ3v) is 9.28. The lowest BCUT2D eigenvalue weighted by atomic mass is 10.1. The quantitative estimate of drug-likeness (QED) is 0.294. The Hall–Kier alpha value is -1.69. The second-order valence-corrected chi connectivity index (χ2v) is 11.5. The summed E-state index contributed by atoms with van der Waals surface area (Å²) in [4.78, 5) is 0. The first-order valence-electron chi connectivity index (χ1n) is 7.73. The Morgan fingerprint density at radius 2 is 1.25 bits per heavy atom. The molecule has 0 saturated carbocycles. The fraction of sp³-hybridized carbons (Fsp3) is 0.333. The van der Waals surface area contributed by atoms with E-state index in [1.165, 1.54) is 0 Å². The lowest BCUT2D eigenvalue weighted by Gasteiger charge is -2.31. The molecule has 0 nitrogen and oxygen atoms in total. The van der Waals surface area contributed by atoms with Crippen molar-refractivity contribution in [2.24, 2.45) is 0 Å². The van der Waals surface area contributed by atoms with Crippen LogP contribution in [0.15, 0.2) is 30.3 Å². The summed E-state index contributed by atoms with van der Waals surface area (Å²) in [7, 11) is -2.91. The summed E-state index contributed by atoms with van der Waals surface area (Å²) in [6.45, 7) is 5.09. The molecule has 0 aliphatic rings. The first-order valence-corrected chi connectivity index (χ1v) is 10.8. The number of hydrogen-bond donors (Lipinski definition) is 0. The van der Waals surface area contributed by atoms with Crippen LogP contribution in [0.1, 0.15) is 18.9 Å². The van der Waals surface area contributed by atoms with Gasteiger partial charge in [0.15, 0.2) is 23.3 Å². The Morgan fingerprint density at radius 1 is 0.792 bits per heavy atom. The van der Waals surface area contributed by atoms with Gasteiger partial charge in [-0.05, 0) is 23.9 Å². The summed E-state index contributed by atoms with van der Waals surface area (Å²) in [6.07, 6.45) is 1.30. The van der Waals surface area contributed by atoms with Crippen molar-refractivity contribution in [2.75, 3.05) is 0 Å². The molecule has 0 N–H and O–H groups in total. The highest BCUT2D eigenvalue weighted by molar-refractivity contribution is 6.91. The van der Waals surface area contributed by atoms with Crippen LogP contribution in [-0.2, 0) is 6.42 Å². The fourth-order valence-corrected chi connectivity index (χ4v) is 5.52. The molecule has 0 aliphatic heterocycles. The van der Waals surface area contributed by atoms with Gasteiger partial charge in [0.2, 0.25) is 5.82 Å². The predicted octanol–water partition coefficient (Wildman–Crippen LogP) is 5.32. The highest BCUT2D eigenvalue weighted by atomic mass is 28.3. The predicted molar refractivity (Wildman–Crippen MR) is 87.5 cm³/mol. The summed E-state index contributed by atoms with van der Waals surface area (Å²) in [5, 5.41) is -0.612. The lowest BCUT2D eigenvalue weighted by molar-refractivity contribution is 0.383. The normalized spacial score (nSPS) is 13.2. The Kier molecular flexibility index (Phi) is 5.48. The molecule has 130 valence electrons. The van der Waals surface area contributed by atoms with Gasteiger partial charge in [-0.2, -0.15) is 0 Å². The molecule has 24 heavy (non-hydrogen) atoms. The Morgan fingerprint density at radius 3 is 1.75 bits per heavy atom. The topological polar surface area (TPSA) is 0 Å². The molecule has 0 bridgehead atoms. The zero-order valence-corrected chi connectivity index (χ0v) is 14.8. The Balaban J connectivity index is 2.33. The molecule has 0 radical (unpaired) electrons. The van der Waals surface area contributed by atoms with E-state index in [0.717, 1.165) is 5.56 Å². The third-order valence-electron chi connectivity index (χ3n) is 4.79. The van der Waals surface area contributed by atoms with E-state index in [1.54, 1.807) is 13.1 Å². The van der Waals surface area contributed by atoms with Crippen molar-refractivity contribution in [3.63, 3.8) is 0 Å². The van der Waals surface area contributed by atoms with Crippen LogP contribution in [0.2, 0.25) is 18.6 Å². The second kappa shape index (κ2) is 7.05. The van der Waals surface area contributed by atoms with E-state index in [-0.39, 0.29) is 5.54 Å². The number of halogens is 5. The smallest absolute Gasteiger partial charge is 0.200 e. The summed E-state index contributed by atoms with van der Waals surface area (Å²) in [5.41, 5.74) is 0.914. The van der Waals surface area contributed by atoms with Gasteiger partial charge in [0.25, 0.3) is 0 Å². The van der Waals surface area contributed by atoms with E-state index >= 15 is 0 Å². The van der Waals surface area contributed by atoms with E-state index < -0.39 is 42.3 Å². The van der Waals surface area contributed by atoms with Crippen molar-refractivity contribution in [3.05, 3.63) is 65.0 Å². The first-order chi connectivity index (χ1) is 11.2. The molecule has 1 unspecified atom stereocenters. The molecule has 0 spiro atoms. The van der Waals surface area contributed by atoms with Crippen molar-refractivity contribution in [1.29, 1.82) is 0 Å². The van der Waals surface area contributed by atoms with Crippen LogP contribution in [0.25, 0.3) is 0 Å². The Bertz CT molecular complexity index is 699. The second-order valence-electron chi connectivity index (χ2n) is 6.59. The van der Waals surface area contributed by atoms with Gasteiger partial charge in [-0.15, -0.1) is 0 Å². The zero-order chi connectivity index (χ0) is 18.1. The standard InChI is InChI=1S/C18H19F5Si/c1-11(9-10-12-7-5-4-6-8-12)24(2,3)18-16(22)14(20)13(19)15(21)17(18)23/h4-8,11H,9-10H2,1-3H3. The number of aryl methyl sites for hydroxylation is 1. The highest BCUT2D eigenvalue weighted by Crippen LogP contribution is 2.30. The summed E-state index contributed by atoms with van der Waals surface area (Å²) in [5.74, 6) is -9.20. The van der Waals surface area contributed by atoms with Gasteiger partial charge in [0.05, 0.1) is 8.07 Å². The van der Waals surface area contributed by atoms with Crippen LogP contribution in [0.3, 0.4) is 0 Å². The highest BCUT2D eigenvalue weighted by Gasteiger charge is 2.39. The SMILES string of the molecule is CC(CCc1ccccc1)[Si](C)(C)c1c(F)c(F)c(F)c(F)c1F. The third kappa shape index (κ3) is 3.38. The van der Waals surface area contributed by atoms with Crippen molar-refractivity contribution in [3.8, 4) is 0 Å². The number of hydrogen-bond acceptors (Lipinski definition) is 0. The number of benzene rings is 2. The minimum absolute atomic E-state index is 0.161. The van der Waals surface area contributed by atoms with E-state index in [1.807, 2.05) is 37.3 Å². The van der Waals surface area contributed by atoms with Gasteiger partial charge < -0.3 is 0 Å². The van der Waals surface area contributed by atoms with Gasteiger partial charge in [-0.1, -0.05) is 50.3 Å². The summed E-state index contributed by atoms with van der Waals surface area (Å²) >= 11 is 0. The zero-order valence-electron chi connectivity index (χ0n) is 13.8. The van der Waals surface area contributed by atoms with Gasteiger partial charge in [-0.3, -0.25) is 0 Å². The molecular formula is C18H19F5Si. The lowest BCUT2D eigenvalue weighted by Crippen LogP contribution is -2.50. The van der Waals surface area contributed by atoms with Crippen LogP contribution in [-0.4, -0.2) is 8.07 Å². The first kappa shape index (κ1) is 18.6. The van der Waals surface area contributed by atoms with Crippen LogP contribution in [0, 0.1) is 29.1 Å². The van der Waals surface area contributed by atoms with E-state index in [4.69, 9.17) is 0 Å². The molecule has 0 amide bonds. The molecule has 0 aliphatic carbocycles. The molecule has 0 heterocycles. The molecule has 6 heteroatoms. The monoisotopic (exact) mass is 358 g/mol. The molecule has 0 saturated heterocycles. The average molecular weight is 358 g/mol. The maximum absolute atomic E-state index is 14.1. The summed E-state index contributed by atoms with van der Waals surface area (Å²) in [6, 6.07) is 9.57. The molecule has 2 aromatic rings. The molecule has 0 aromatic heterocycles. The maximum Gasteiger partial charge on any atom is 0.200 e. The van der Waals surface area contributed by atoms with Crippen LogP contribution >= 0.6 is 0 Å². The van der Waals surface area contributed by atoms with Crippen molar-refractivity contribution < 1.29 is 22.0 Å². The van der Waals surface area contributed by atoms with Gasteiger partial charge in [-0.25, -0.2) is 22.0 Å². The van der Waals surface area contributed by atoms with Crippen LogP contribution in [0.5, 0.6) is 0 Å². The minimum Gasteiger partial charge on any atom is -0.204 e. The van der Waals surface area contributed by atoms with Crippen LogP contribution in [0.4, 0.5) is 22.0 Å². The van der Waals surface area contributed by atoms with Gasteiger partial charge >= 0.3 is 0 Å². The Labute approximate surface area is 139 Å². The maximum atomic E-state index is 14.1.